The Morgan fingerprint density at radius 3 is 2.50 bits per heavy atom. The summed E-state index contributed by atoms with van der Waals surface area (Å²) in [6.45, 7) is 8.45. The summed E-state index contributed by atoms with van der Waals surface area (Å²) in [7, 11) is -3.31. The minimum absolute atomic E-state index is 0.0182. The molecule has 0 radical (unpaired) electrons. The Kier molecular flexibility index (Phi) is 5.84. The van der Waals surface area contributed by atoms with Crippen LogP contribution in [0.4, 0.5) is 0 Å². The van der Waals surface area contributed by atoms with Crippen LogP contribution in [0.25, 0.3) is 0 Å². The molecule has 0 aliphatic carbocycles. The fraction of sp³-hybridized carbons (Fsp3) is 1.00. The van der Waals surface area contributed by atoms with Crippen LogP contribution in [0.3, 0.4) is 0 Å². The molecule has 0 amide bonds. The highest BCUT2D eigenvalue weighted by Crippen LogP contribution is 2.18. The van der Waals surface area contributed by atoms with Gasteiger partial charge < -0.3 is 4.90 Å². The van der Waals surface area contributed by atoms with Crippen LogP contribution >= 0.6 is 0 Å². The van der Waals surface area contributed by atoms with E-state index < -0.39 is 10.2 Å². The van der Waals surface area contributed by atoms with E-state index >= 15 is 0 Å². The second-order valence-electron chi connectivity index (χ2n) is 6.49. The lowest BCUT2D eigenvalue weighted by atomic mass is 10.0. The molecule has 5 nitrogen and oxygen atoms in total. The largest absolute Gasteiger partial charge is 0.302 e. The lowest BCUT2D eigenvalue weighted by molar-refractivity contribution is 0.213. The van der Waals surface area contributed by atoms with Gasteiger partial charge in [-0.3, -0.25) is 0 Å². The Labute approximate surface area is 123 Å². The standard InChI is InChI=1S/C14H29N3O2S/c1-13-7-6-10-17(11-13)20(18,19)15-14(2)12-16-8-4-3-5-9-16/h13-15H,3-12H2,1-2H3. The smallest absolute Gasteiger partial charge is 0.279 e. The van der Waals surface area contributed by atoms with E-state index in [1.54, 1.807) is 4.31 Å². The van der Waals surface area contributed by atoms with Crippen molar-refractivity contribution >= 4 is 10.2 Å². The normalized spacial score (nSPS) is 28.4. The number of nitrogens with zero attached hydrogens (tertiary/aromatic N) is 2. The molecule has 2 unspecified atom stereocenters. The molecule has 0 saturated carbocycles. The second-order valence-corrected chi connectivity index (χ2v) is 8.19. The lowest BCUT2D eigenvalue weighted by Gasteiger charge is -2.33. The molecule has 0 aromatic heterocycles. The molecule has 0 aromatic rings. The Morgan fingerprint density at radius 2 is 1.85 bits per heavy atom. The Morgan fingerprint density at radius 1 is 1.15 bits per heavy atom. The van der Waals surface area contributed by atoms with Gasteiger partial charge in [0.15, 0.2) is 0 Å². The van der Waals surface area contributed by atoms with E-state index in [4.69, 9.17) is 0 Å². The van der Waals surface area contributed by atoms with E-state index in [9.17, 15) is 8.42 Å². The van der Waals surface area contributed by atoms with Gasteiger partial charge in [0.2, 0.25) is 0 Å². The molecule has 0 aromatic carbocycles. The molecule has 0 spiro atoms. The van der Waals surface area contributed by atoms with Crippen molar-refractivity contribution < 1.29 is 8.42 Å². The van der Waals surface area contributed by atoms with E-state index in [1.807, 2.05) is 6.92 Å². The van der Waals surface area contributed by atoms with Crippen molar-refractivity contribution in [3.8, 4) is 0 Å². The summed E-state index contributed by atoms with van der Waals surface area (Å²) in [6, 6.07) is -0.0182. The maximum Gasteiger partial charge on any atom is 0.279 e. The van der Waals surface area contributed by atoms with Gasteiger partial charge in [0.1, 0.15) is 0 Å². The zero-order valence-electron chi connectivity index (χ0n) is 12.8. The molecule has 0 bridgehead atoms. The molecule has 2 atom stereocenters. The van der Waals surface area contributed by atoms with Crippen LogP contribution in [-0.4, -0.2) is 56.4 Å². The highest BCUT2D eigenvalue weighted by atomic mass is 32.2. The Bertz CT molecular complexity index is 393. The van der Waals surface area contributed by atoms with Crippen molar-refractivity contribution in [1.29, 1.82) is 0 Å². The monoisotopic (exact) mass is 303 g/mol. The topological polar surface area (TPSA) is 52.7 Å². The lowest BCUT2D eigenvalue weighted by Crippen LogP contribution is -2.51. The molecule has 2 aliphatic rings. The third-order valence-corrected chi connectivity index (χ3v) is 6.00. The summed E-state index contributed by atoms with van der Waals surface area (Å²) < 4.78 is 29.2. The van der Waals surface area contributed by atoms with Crippen molar-refractivity contribution in [2.75, 3.05) is 32.7 Å². The van der Waals surface area contributed by atoms with Crippen molar-refractivity contribution in [2.24, 2.45) is 5.92 Å². The number of likely N-dealkylation sites (tertiary alicyclic amines) is 1. The molecular weight excluding hydrogens is 274 g/mol. The van der Waals surface area contributed by atoms with Crippen LogP contribution < -0.4 is 4.72 Å². The molecule has 1 N–H and O–H groups in total. The number of piperidine rings is 2. The summed E-state index contributed by atoms with van der Waals surface area (Å²) in [5.74, 6) is 0.470. The van der Waals surface area contributed by atoms with Crippen LogP contribution in [0.1, 0.15) is 46.0 Å². The zero-order chi connectivity index (χ0) is 14.6. The average molecular weight is 303 g/mol. The fourth-order valence-corrected chi connectivity index (χ4v) is 4.81. The van der Waals surface area contributed by atoms with Gasteiger partial charge in [-0.1, -0.05) is 13.3 Å². The number of nitrogens with one attached hydrogen (secondary N) is 1. The molecule has 2 rings (SSSR count). The van der Waals surface area contributed by atoms with Crippen molar-refractivity contribution in [3.63, 3.8) is 0 Å². The molecular formula is C14H29N3O2S. The third kappa shape index (κ3) is 4.69. The van der Waals surface area contributed by atoms with Crippen LogP contribution in [0.2, 0.25) is 0 Å². The van der Waals surface area contributed by atoms with E-state index in [2.05, 4.69) is 16.5 Å². The van der Waals surface area contributed by atoms with E-state index in [1.165, 1.54) is 19.3 Å². The summed E-state index contributed by atoms with van der Waals surface area (Å²) in [5, 5.41) is 0. The van der Waals surface area contributed by atoms with E-state index in [0.717, 1.165) is 32.5 Å². The van der Waals surface area contributed by atoms with Crippen LogP contribution in [0.5, 0.6) is 0 Å². The second kappa shape index (κ2) is 7.20. The molecule has 6 heteroatoms. The number of hydrogen-bond donors (Lipinski definition) is 1. The molecule has 118 valence electrons. The van der Waals surface area contributed by atoms with Gasteiger partial charge in [0.25, 0.3) is 10.2 Å². The van der Waals surface area contributed by atoms with E-state index in [0.29, 0.717) is 19.0 Å². The van der Waals surface area contributed by atoms with Gasteiger partial charge >= 0.3 is 0 Å². The molecule has 2 heterocycles. The average Bonchev–Trinajstić information content (AvgIpc) is 2.39. The van der Waals surface area contributed by atoms with Crippen molar-refractivity contribution in [1.82, 2.24) is 13.9 Å². The van der Waals surface area contributed by atoms with Gasteiger partial charge in [0, 0.05) is 25.7 Å². The van der Waals surface area contributed by atoms with Crippen LogP contribution in [0, 0.1) is 5.92 Å². The summed E-state index contributed by atoms with van der Waals surface area (Å²) >= 11 is 0. The number of rotatable bonds is 5. The highest BCUT2D eigenvalue weighted by Gasteiger charge is 2.28. The van der Waals surface area contributed by atoms with Gasteiger partial charge in [-0.15, -0.1) is 0 Å². The maximum atomic E-state index is 12.4. The SMILES string of the molecule is CC1CCCN(S(=O)(=O)NC(C)CN2CCCCC2)C1. The minimum Gasteiger partial charge on any atom is -0.302 e. The minimum atomic E-state index is -3.31. The molecule has 2 aliphatic heterocycles. The fourth-order valence-electron chi connectivity index (χ4n) is 3.26. The molecule has 2 saturated heterocycles. The molecule has 2 fully saturated rings. The summed E-state index contributed by atoms with van der Waals surface area (Å²) in [5.41, 5.74) is 0. The van der Waals surface area contributed by atoms with Gasteiger partial charge in [0.05, 0.1) is 0 Å². The summed E-state index contributed by atoms with van der Waals surface area (Å²) in [4.78, 5) is 2.37. The number of hydrogen-bond acceptors (Lipinski definition) is 3. The van der Waals surface area contributed by atoms with Gasteiger partial charge in [-0.2, -0.15) is 17.4 Å². The predicted molar refractivity (Wildman–Crippen MR) is 81.8 cm³/mol. The maximum absolute atomic E-state index is 12.4. The Hall–Kier alpha value is -0.170. The first-order chi connectivity index (χ1) is 9.47. The molecule has 20 heavy (non-hydrogen) atoms. The first kappa shape index (κ1) is 16.2. The van der Waals surface area contributed by atoms with Gasteiger partial charge in [-0.05, 0) is 51.6 Å². The van der Waals surface area contributed by atoms with Crippen molar-refractivity contribution in [2.45, 2.75) is 52.0 Å². The zero-order valence-corrected chi connectivity index (χ0v) is 13.7. The quantitative estimate of drug-likeness (QED) is 0.836. The predicted octanol–water partition coefficient (Wildman–Crippen LogP) is 1.43. The first-order valence-corrected chi connectivity index (χ1v) is 9.41. The first-order valence-electron chi connectivity index (χ1n) is 7.97. The summed E-state index contributed by atoms with van der Waals surface area (Å²) in [6.07, 6.45) is 5.90. The van der Waals surface area contributed by atoms with Crippen LogP contribution in [0.15, 0.2) is 0 Å². The Balaban J connectivity index is 1.83. The third-order valence-electron chi connectivity index (χ3n) is 4.29. The van der Waals surface area contributed by atoms with Crippen LogP contribution in [-0.2, 0) is 10.2 Å². The van der Waals surface area contributed by atoms with Gasteiger partial charge in [-0.25, -0.2) is 0 Å². The highest BCUT2D eigenvalue weighted by molar-refractivity contribution is 7.87. The van der Waals surface area contributed by atoms with Crippen molar-refractivity contribution in [3.05, 3.63) is 0 Å². The van der Waals surface area contributed by atoms with E-state index in [-0.39, 0.29) is 6.04 Å².